The highest BCUT2D eigenvalue weighted by atomic mass is 32.2. The van der Waals surface area contributed by atoms with Gasteiger partial charge in [-0.2, -0.15) is 0 Å². The molecule has 0 radical (unpaired) electrons. The van der Waals surface area contributed by atoms with E-state index in [0.29, 0.717) is 23.7 Å². The summed E-state index contributed by atoms with van der Waals surface area (Å²) in [5.41, 5.74) is 3.84. The van der Waals surface area contributed by atoms with Gasteiger partial charge >= 0.3 is 0 Å². The molecule has 168 valence electrons. The van der Waals surface area contributed by atoms with Crippen molar-refractivity contribution in [1.29, 1.82) is 0 Å². The first kappa shape index (κ1) is 21.4. The molecule has 1 aliphatic heterocycles. The molecule has 0 aliphatic carbocycles. The van der Waals surface area contributed by atoms with Gasteiger partial charge in [0.25, 0.3) is 0 Å². The number of H-pyrrole nitrogens is 1. The van der Waals surface area contributed by atoms with Crippen molar-refractivity contribution < 1.29 is 8.42 Å². The van der Waals surface area contributed by atoms with Gasteiger partial charge in [-0.3, -0.25) is 0 Å². The van der Waals surface area contributed by atoms with Crippen molar-refractivity contribution in [3.63, 3.8) is 0 Å². The largest absolute Gasteiger partial charge is 0.361 e. The normalized spacial score (nSPS) is 15.3. The van der Waals surface area contributed by atoms with Crippen molar-refractivity contribution in [2.45, 2.75) is 23.0 Å². The summed E-state index contributed by atoms with van der Waals surface area (Å²) in [6, 6.07) is 15.0. The fraction of sp³-hybridized carbons (Fsp3) is 0.200. The molecule has 4 aromatic rings. The first-order valence-electron chi connectivity index (χ1n) is 11.0. The molecular weight excluding hydrogens is 434 g/mol. The molecule has 0 bridgehead atoms. The zero-order valence-corrected chi connectivity index (χ0v) is 18.8. The van der Waals surface area contributed by atoms with Crippen LogP contribution in [0.4, 0.5) is 11.6 Å². The van der Waals surface area contributed by atoms with Crippen LogP contribution in [0.3, 0.4) is 0 Å². The van der Waals surface area contributed by atoms with Gasteiger partial charge in [-0.05, 0) is 67.9 Å². The molecular formula is C25H25N5O2S. The van der Waals surface area contributed by atoms with Crippen LogP contribution in [0.5, 0.6) is 0 Å². The zero-order valence-electron chi connectivity index (χ0n) is 18.0. The molecule has 33 heavy (non-hydrogen) atoms. The number of hydrogen-bond acceptors (Lipinski definition) is 6. The van der Waals surface area contributed by atoms with Gasteiger partial charge in [0.1, 0.15) is 0 Å². The van der Waals surface area contributed by atoms with E-state index in [9.17, 15) is 8.42 Å². The van der Waals surface area contributed by atoms with E-state index in [0.717, 1.165) is 35.4 Å². The third-order valence-corrected chi connectivity index (χ3v) is 8.20. The third-order valence-electron chi connectivity index (χ3n) is 5.92. The van der Waals surface area contributed by atoms with Crippen LogP contribution in [0.2, 0.25) is 0 Å². The summed E-state index contributed by atoms with van der Waals surface area (Å²) in [6.45, 7) is 1.49. The van der Waals surface area contributed by atoms with Gasteiger partial charge in [-0.1, -0.05) is 24.3 Å². The van der Waals surface area contributed by atoms with Gasteiger partial charge in [0.15, 0.2) is 9.84 Å². The Morgan fingerprint density at radius 2 is 1.70 bits per heavy atom. The quantitative estimate of drug-likeness (QED) is 0.395. The number of benzene rings is 2. The lowest BCUT2D eigenvalue weighted by Gasteiger charge is -2.22. The van der Waals surface area contributed by atoms with Gasteiger partial charge < -0.3 is 15.6 Å². The van der Waals surface area contributed by atoms with Crippen molar-refractivity contribution in [3.8, 4) is 0 Å². The van der Waals surface area contributed by atoms with Crippen molar-refractivity contribution >= 4 is 44.5 Å². The fourth-order valence-electron chi connectivity index (χ4n) is 4.08. The molecule has 2 aromatic heterocycles. The number of aromatic amines is 1. The highest BCUT2D eigenvalue weighted by Gasteiger charge is 2.28. The molecule has 0 atom stereocenters. The zero-order chi connectivity index (χ0) is 22.7. The Hall–Kier alpha value is -3.49. The van der Waals surface area contributed by atoms with Crippen LogP contribution in [0.15, 0.2) is 72.0 Å². The Bertz CT molecular complexity index is 1370. The van der Waals surface area contributed by atoms with Gasteiger partial charge in [-0.15, -0.1) is 0 Å². The monoisotopic (exact) mass is 459 g/mol. The fourth-order valence-corrected chi connectivity index (χ4v) is 5.84. The van der Waals surface area contributed by atoms with E-state index in [1.165, 1.54) is 5.39 Å². The van der Waals surface area contributed by atoms with Crippen molar-refractivity contribution in [2.24, 2.45) is 0 Å². The van der Waals surface area contributed by atoms with Gasteiger partial charge in [0, 0.05) is 40.7 Å². The highest BCUT2D eigenvalue weighted by molar-refractivity contribution is 7.92. The van der Waals surface area contributed by atoms with Crippen LogP contribution in [-0.4, -0.2) is 41.7 Å². The lowest BCUT2D eigenvalue weighted by atomic mass is 10.1. The SMILES string of the molecule is O=S(=O)(c1ccc(Nc2ncc(C=Cc3cccc4[nH]ccc34)cn2)cc1)C1CCNCC1. The topological polar surface area (TPSA) is 99.8 Å². The molecule has 8 heteroatoms. The van der Waals surface area contributed by atoms with Crippen molar-refractivity contribution in [1.82, 2.24) is 20.3 Å². The van der Waals surface area contributed by atoms with E-state index >= 15 is 0 Å². The Morgan fingerprint density at radius 1 is 0.939 bits per heavy atom. The molecule has 3 N–H and O–H groups in total. The number of nitrogens with zero attached hydrogens (tertiary/aromatic N) is 2. The average molecular weight is 460 g/mol. The van der Waals surface area contributed by atoms with Crippen LogP contribution in [0.25, 0.3) is 23.1 Å². The number of piperidine rings is 1. The van der Waals surface area contributed by atoms with Crippen molar-refractivity contribution in [2.75, 3.05) is 18.4 Å². The third kappa shape index (κ3) is 4.67. The number of fused-ring (bicyclic) bond motifs is 1. The first-order valence-corrected chi connectivity index (χ1v) is 12.5. The van der Waals surface area contributed by atoms with Gasteiger partial charge in [0.2, 0.25) is 5.95 Å². The standard InChI is InChI=1S/C25H25N5O2S/c31-33(32,22-10-13-26-14-11-22)21-8-6-20(7-9-21)30-25-28-16-18(17-29-25)4-5-19-2-1-3-24-23(19)12-15-27-24/h1-9,12,15-17,22,26-27H,10-11,13-14H2,(H,28,29,30). The van der Waals surface area contributed by atoms with Gasteiger partial charge in [0.05, 0.1) is 10.1 Å². The molecule has 1 fully saturated rings. The maximum atomic E-state index is 12.8. The van der Waals surface area contributed by atoms with Crippen LogP contribution in [0, 0.1) is 0 Å². The second kappa shape index (κ2) is 9.17. The maximum Gasteiger partial charge on any atom is 0.227 e. The predicted octanol–water partition coefficient (Wildman–Crippen LogP) is 4.40. The Balaban J connectivity index is 1.25. The Labute approximate surface area is 192 Å². The number of aromatic nitrogens is 3. The maximum absolute atomic E-state index is 12.8. The first-order chi connectivity index (χ1) is 16.1. The predicted molar refractivity (Wildman–Crippen MR) is 132 cm³/mol. The molecule has 0 saturated carbocycles. The molecule has 1 saturated heterocycles. The van der Waals surface area contributed by atoms with E-state index < -0.39 is 9.84 Å². The molecule has 1 aliphatic rings. The van der Waals surface area contributed by atoms with E-state index in [-0.39, 0.29) is 5.25 Å². The number of rotatable bonds is 6. The van der Waals surface area contributed by atoms with Gasteiger partial charge in [-0.25, -0.2) is 18.4 Å². The summed E-state index contributed by atoms with van der Waals surface area (Å²) < 4.78 is 25.7. The number of hydrogen-bond donors (Lipinski definition) is 3. The van der Waals surface area contributed by atoms with Crippen LogP contribution >= 0.6 is 0 Å². The summed E-state index contributed by atoms with van der Waals surface area (Å²) in [7, 11) is -3.31. The summed E-state index contributed by atoms with van der Waals surface area (Å²) in [5, 5.41) is 7.19. The highest BCUT2D eigenvalue weighted by Crippen LogP contribution is 2.24. The van der Waals surface area contributed by atoms with Crippen LogP contribution < -0.4 is 10.6 Å². The number of nitrogens with one attached hydrogen (secondary N) is 3. The lowest BCUT2D eigenvalue weighted by molar-refractivity contribution is 0.496. The molecule has 0 spiro atoms. The van der Waals surface area contributed by atoms with E-state index in [4.69, 9.17) is 0 Å². The number of anilines is 2. The smallest absolute Gasteiger partial charge is 0.227 e. The minimum Gasteiger partial charge on any atom is -0.361 e. The lowest BCUT2D eigenvalue weighted by Crippen LogP contribution is -2.35. The van der Waals surface area contributed by atoms with Crippen LogP contribution in [-0.2, 0) is 9.84 Å². The molecule has 2 aromatic carbocycles. The summed E-state index contributed by atoms with van der Waals surface area (Å²) in [4.78, 5) is 12.3. The second-order valence-corrected chi connectivity index (χ2v) is 10.3. The summed E-state index contributed by atoms with van der Waals surface area (Å²) in [5.74, 6) is 0.453. The summed E-state index contributed by atoms with van der Waals surface area (Å²) >= 11 is 0. The molecule has 3 heterocycles. The molecule has 5 rings (SSSR count). The van der Waals surface area contributed by atoms with Crippen LogP contribution in [0.1, 0.15) is 24.0 Å². The summed E-state index contributed by atoms with van der Waals surface area (Å²) in [6.07, 6.45) is 10.8. The minimum atomic E-state index is -3.31. The van der Waals surface area contributed by atoms with Crippen molar-refractivity contribution in [3.05, 3.63) is 78.2 Å². The molecule has 0 amide bonds. The Kier molecular flexibility index (Phi) is 5.93. The second-order valence-electron chi connectivity index (χ2n) is 8.10. The molecule has 0 unspecified atom stereocenters. The van der Waals surface area contributed by atoms with E-state index in [1.54, 1.807) is 36.7 Å². The van der Waals surface area contributed by atoms with E-state index in [1.807, 2.05) is 30.5 Å². The Morgan fingerprint density at radius 3 is 2.45 bits per heavy atom. The molecule has 7 nitrogen and oxygen atoms in total. The minimum absolute atomic E-state index is 0.314. The average Bonchev–Trinajstić information content (AvgIpc) is 3.34. The number of sulfone groups is 1. The van der Waals surface area contributed by atoms with E-state index in [2.05, 4.69) is 37.7 Å².